The second-order valence-electron chi connectivity index (χ2n) is 13.5. The van der Waals surface area contributed by atoms with Gasteiger partial charge in [-0.05, 0) is 73.7 Å². The van der Waals surface area contributed by atoms with Crippen LogP contribution in [0.5, 0.6) is 5.75 Å². The molecule has 16 nitrogen and oxygen atoms in total. The van der Waals surface area contributed by atoms with Crippen LogP contribution in [0.3, 0.4) is 0 Å². The first kappa shape index (κ1) is 44.5. The zero-order valence-electron chi connectivity index (χ0n) is 33.1. The first-order chi connectivity index (χ1) is 29.1. The van der Waals surface area contributed by atoms with Crippen LogP contribution in [0.4, 0.5) is 5.69 Å². The summed E-state index contributed by atoms with van der Waals surface area (Å²) in [5, 5.41) is 0. The fraction of sp³-hybridized carbons (Fsp3) is 0.381. The predicted molar refractivity (Wildman–Crippen MR) is 221 cm³/mol. The minimum absolute atomic E-state index is 0.0165. The van der Waals surface area contributed by atoms with Crippen molar-refractivity contribution in [2.45, 2.75) is 16.7 Å². The summed E-state index contributed by atoms with van der Waals surface area (Å²) in [5.74, 6) is -2.27. The van der Waals surface area contributed by atoms with E-state index in [1.807, 2.05) is 0 Å². The highest BCUT2D eigenvalue weighted by molar-refractivity contribution is 8.08. The maximum absolute atomic E-state index is 14.3. The standard InChI is InChI=1S/C42H46N4O12S2/c1-28(47)27-57-23-22-55-20-21-56-24-25-58-31-6-11-35(34(26-31)38(43)48)46-41(51)36(59-32-7-2-29(3-8-32)39(49)44-12-16-53-17-13-44)37(42(46)52)60-33-9-4-30(5-10-33)40(50)45-14-18-54-19-15-45/h2-11,26H,12-25,27H2,1H3,(H2,43,48). The minimum atomic E-state index is -0.881. The largest absolute Gasteiger partial charge is 0.491 e. The quantitative estimate of drug-likeness (QED) is 0.128. The predicted octanol–water partition coefficient (Wildman–Crippen LogP) is 3.42. The van der Waals surface area contributed by atoms with E-state index in [1.54, 1.807) is 58.3 Å². The molecule has 0 atom stereocenters. The molecule has 3 aliphatic rings. The number of anilines is 1. The summed E-state index contributed by atoms with van der Waals surface area (Å²) in [4.78, 5) is 84.3. The molecule has 18 heteroatoms. The summed E-state index contributed by atoms with van der Waals surface area (Å²) < 4.78 is 32.6. The number of Topliss-reactive ketones (excluding diaryl/α,β-unsaturated/α-hetero) is 1. The van der Waals surface area contributed by atoms with E-state index in [0.29, 0.717) is 100.0 Å². The Labute approximate surface area is 355 Å². The molecule has 0 radical (unpaired) electrons. The molecule has 5 amide bonds. The molecule has 2 saturated heterocycles. The first-order valence-corrected chi connectivity index (χ1v) is 21.0. The Morgan fingerprint density at radius 2 is 1.08 bits per heavy atom. The number of carbonyl (C=O) groups excluding carboxylic acids is 6. The van der Waals surface area contributed by atoms with Gasteiger partial charge in [-0.15, -0.1) is 0 Å². The third-order valence-corrected chi connectivity index (χ3v) is 11.6. The molecule has 3 heterocycles. The molecule has 0 saturated carbocycles. The Kier molecular flexibility index (Phi) is 16.3. The summed E-state index contributed by atoms with van der Waals surface area (Å²) in [6, 6.07) is 17.9. The Morgan fingerprint density at radius 1 is 0.633 bits per heavy atom. The third-order valence-electron chi connectivity index (χ3n) is 9.26. The van der Waals surface area contributed by atoms with E-state index >= 15 is 0 Å². The number of carbonyl (C=O) groups is 6. The normalized spacial score (nSPS) is 15.8. The summed E-state index contributed by atoms with van der Waals surface area (Å²) in [5.41, 5.74) is 6.63. The number of rotatable bonds is 20. The molecule has 2 N–H and O–H groups in total. The van der Waals surface area contributed by atoms with Crippen LogP contribution >= 0.6 is 23.5 Å². The van der Waals surface area contributed by atoms with E-state index in [0.717, 1.165) is 28.4 Å². The van der Waals surface area contributed by atoms with Crippen molar-refractivity contribution >= 4 is 64.5 Å². The average molecular weight is 863 g/mol. The van der Waals surface area contributed by atoms with E-state index in [2.05, 4.69) is 0 Å². The second-order valence-corrected chi connectivity index (χ2v) is 15.7. The highest BCUT2D eigenvalue weighted by Gasteiger charge is 2.42. The van der Waals surface area contributed by atoms with Crippen LogP contribution in [-0.2, 0) is 38.1 Å². The van der Waals surface area contributed by atoms with Crippen molar-refractivity contribution in [3.05, 3.63) is 93.2 Å². The van der Waals surface area contributed by atoms with Crippen LogP contribution in [0.2, 0.25) is 0 Å². The van der Waals surface area contributed by atoms with E-state index in [1.165, 1.54) is 25.1 Å². The minimum Gasteiger partial charge on any atom is -0.491 e. The molecule has 3 aromatic rings. The molecule has 2 fully saturated rings. The van der Waals surface area contributed by atoms with Gasteiger partial charge in [0.25, 0.3) is 29.5 Å². The average Bonchev–Trinajstić information content (AvgIpc) is 3.49. The molecule has 0 aliphatic carbocycles. The monoisotopic (exact) mass is 862 g/mol. The number of amides is 5. The van der Waals surface area contributed by atoms with Crippen LogP contribution in [0.15, 0.2) is 86.3 Å². The number of imide groups is 1. The van der Waals surface area contributed by atoms with Crippen molar-refractivity contribution in [1.82, 2.24) is 9.80 Å². The molecule has 0 spiro atoms. The molecule has 3 aliphatic heterocycles. The molecule has 60 heavy (non-hydrogen) atoms. The van der Waals surface area contributed by atoms with Gasteiger partial charge in [0.2, 0.25) is 0 Å². The lowest BCUT2D eigenvalue weighted by Gasteiger charge is -2.26. The van der Waals surface area contributed by atoms with Crippen molar-refractivity contribution in [2.75, 3.05) is 104 Å². The highest BCUT2D eigenvalue weighted by Crippen LogP contribution is 2.45. The van der Waals surface area contributed by atoms with Crippen molar-refractivity contribution in [3.8, 4) is 5.75 Å². The number of hydrogen-bond donors (Lipinski definition) is 1. The first-order valence-electron chi connectivity index (χ1n) is 19.3. The summed E-state index contributed by atoms with van der Waals surface area (Å²) in [6.07, 6.45) is 0. The van der Waals surface area contributed by atoms with Gasteiger partial charge in [0, 0.05) is 47.1 Å². The van der Waals surface area contributed by atoms with Crippen LogP contribution in [-0.4, -0.2) is 144 Å². The molecule has 6 rings (SSSR count). The van der Waals surface area contributed by atoms with Gasteiger partial charge in [-0.3, -0.25) is 28.8 Å². The van der Waals surface area contributed by atoms with Crippen LogP contribution in [0, 0.1) is 0 Å². The van der Waals surface area contributed by atoms with E-state index in [9.17, 15) is 28.8 Å². The Hall–Kier alpha value is -5.08. The van der Waals surface area contributed by atoms with Crippen molar-refractivity contribution < 1.29 is 57.2 Å². The number of thioether (sulfide) groups is 2. The number of ketones is 1. The van der Waals surface area contributed by atoms with Gasteiger partial charge in [0.15, 0.2) is 5.78 Å². The van der Waals surface area contributed by atoms with Gasteiger partial charge in [-0.1, -0.05) is 23.5 Å². The Bertz CT molecular complexity index is 1970. The van der Waals surface area contributed by atoms with E-state index in [-0.39, 0.29) is 64.2 Å². The Balaban J connectivity index is 1.16. The molecular formula is C42H46N4O12S2. The lowest BCUT2D eigenvalue weighted by molar-refractivity contribution is -0.122. The molecule has 318 valence electrons. The van der Waals surface area contributed by atoms with Crippen LogP contribution < -0.4 is 15.4 Å². The number of nitrogens with two attached hydrogens (primary N) is 1. The smallest absolute Gasteiger partial charge is 0.273 e. The van der Waals surface area contributed by atoms with Crippen molar-refractivity contribution in [3.63, 3.8) is 0 Å². The van der Waals surface area contributed by atoms with E-state index < -0.39 is 17.7 Å². The molecular weight excluding hydrogens is 817 g/mol. The maximum atomic E-state index is 14.3. The van der Waals surface area contributed by atoms with Crippen LogP contribution in [0.1, 0.15) is 38.0 Å². The number of morpholine rings is 2. The fourth-order valence-electron chi connectivity index (χ4n) is 6.22. The second kappa shape index (κ2) is 22.0. The lowest BCUT2D eigenvalue weighted by atomic mass is 10.1. The van der Waals surface area contributed by atoms with Crippen LogP contribution in [0.25, 0.3) is 0 Å². The fourth-order valence-corrected chi connectivity index (χ4v) is 8.21. The zero-order chi connectivity index (χ0) is 42.4. The van der Waals surface area contributed by atoms with E-state index in [4.69, 9.17) is 34.2 Å². The van der Waals surface area contributed by atoms with Crippen molar-refractivity contribution in [2.24, 2.45) is 5.73 Å². The molecule has 0 unspecified atom stereocenters. The molecule has 0 bridgehead atoms. The number of primary amides is 1. The molecule has 0 aromatic heterocycles. The summed E-state index contributed by atoms with van der Waals surface area (Å²) in [6.45, 7) is 6.88. The van der Waals surface area contributed by atoms with Gasteiger partial charge in [0.05, 0.1) is 80.5 Å². The van der Waals surface area contributed by atoms with Gasteiger partial charge in [-0.25, -0.2) is 4.90 Å². The number of ether oxygens (including phenoxy) is 6. The number of benzene rings is 3. The summed E-state index contributed by atoms with van der Waals surface area (Å²) >= 11 is 2.12. The zero-order valence-corrected chi connectivity index (χ0v) is 34.7. The SMILES string of the molecule is CC(=O)COCCOCCOCCOc1ccc(N2C(=O)C(Sc3ccc(C(=O)N4CCOCC4)cc3)=C(Sc3ccc(C(=O)N4CCOCC4)cc3)C2=O)c(C(N)=O)c1. The van der Waals surface area contributed by atoms with Gasteiger partial charge in [0.1, 0.15) is 19.0 Å². The topological polar surface area (TPSA) is 194 Å². The van der Waals surface area contributed by atoms with Gasteiger partial charge < -0.3 is 44.0 Å². The maximum Gasteiger partial charge on any atom is 0.273 e. The third kappa shape index (κ3) is 11.8. The summed E-state index contributed by atoms with van der Waals surface area (Å²) in [7, 11) is 0. The number of nitrogens with zero attached hydrogens (tertiary/aromatic N) is 3. The van der Waals surface area contributed by atoms with Gasteiger partial charge in [-0.2, -0.15) is 0 Å². The number of hydrogen-bond acceptors (Lipinski definition) is 14. The lowest BCUT2D eigenvalue weighted by Crippen LogP contribution is -2.40. The Morgan fingerprint density at radius 3 is 1.53 bits per heavy atom. The van der Waals surface area contributed by atoms with Gasteiger partial charge >= 0.3 is 0 Å². The molecule has 3 aromatic carbocycles. The highest BCUT2D eigenvalue weighted by atomic mass is 32.2. The van der Waals surface area contributed by atoms with Crippen molar-refractivity contribution in [1.29, 1.82) is 0 Å².